The fraction of sp³-hybridized carbons (Fsp3) is 0.333. The molecule has 124 valence electrons. The van der Waals surface area contributed by atoms with Crippen molar-refractivity contribution in [2.45, 2.75) is 25.8 Å². The van der Waals surface area contributed by atoms with Gasteiger partial charge in [0.2, 0.25) is 11.8 Å². The minimum atomic E-state index is -0.994. The molecular formula is C15H19N3O5. The molecule has 0 saturated heterocycles. The maximum atomic E-state index is 12.2. The lowest BCUT2D eigenvalue weighted by atomic mass is 10.1. The van der Waals surface area contributed by atoms with Gasteiger partial charge in [-0.05, 0) is 24.6 Å². The number of amides is 3. The first-order valence-corrected chi connectivity index (χ1v) is 6.88. The van der Waals surface area contributed by atoms with E-state index in [9.17, 15) is 19.2 Å². The zero-order valence-electron chi connectivity index (χ0n) is 12.9. The Balaban J connectivity index is 2.76. The Labute approximate surface area is 133 Å². The van der Waals surface area contributed by atoms with Crippen LogP contribution in [0.25, 0.3) is 0 Å². The molecule has 23 heavy (non-hydrogen) atoms. The molecule has 1 aromatic rings. The third-order valence-corrected chi connectivity index (χ3v) is 2.96. The second-order valence-electron chi connectivity index (χ2n) is 4.81. The van der Waals surface area contributed by atoms with Gasteiger partial charge in [-0.3, -0.25) is 19.2 Å². The van der Waals surface area contributed by atoms with Crippen molar-refractivity contribution in [1.82, 2.24) is 5.32 Å². The molecule has 4 N–H and O–H groups in total. The molecule has 1 aromatic carbocycles. The molecular weight excluding hydrogens is 302 g/mol. The van der Waals surface area contributed by atoms with Crippen LogP contribution in [0.5, 0.6) is 0 Å². The van der Waals surface area contributed by atoms with Gasteiger partial charge in [-0.25, -0.2) is 0 Å². The Kier molecular flexibility index (Phi) is 6.72. The lowest BCUT2D eigenvalue weighted by Crippen LogP contribution is -2.44. The molecule has 0 radical (unpaired) electrons. The summed E-state index contributed by atoms with van der Waals surface area (Å²) in [6.07, 6.45) is -0.00451. The summed E-state index contributed by atoms with van der Waals surface area (Å²) in [5, 5.41) is 5.01. The van der Waals surface area contributed by atoms with Gasteiger partial charge in [-0.15, -0.1) is 0 Å². The predicted octanol–water partition coefficient (Wildman–Crippen LogP) is 0.182. The number of methoxy groups -OCH3 is 1. The van der Waals surface area contributed by atoms with E-state index in [-0.39, 0.29) is 24.3 Å². The van der Waals surface area contributed by atoms with E-state index in [1.165, 1.54) is 26.2 Å². The van der Waals surface area contributed by atoms with Crippen LogP contribution in [0.3, 0.4) is 0 Å². The van der Waals surface area contributed by atoms with Gasteiger partial charge in [-0.1, -0.05) is 6.07 Å². The molecule has 3 amide bonds. The summed E-state index contributed by atoms with van der Waals surface area (Å²) < 4.78 is 4.48. The maximum absolute atomic E-state index is 12.2. The van der Waals surface area contributed by atoms with Crippen LogP contribution in [-0.2, 0) is 19.1 Å². The van der Waals surface area contributed by atoms with Crippen molar-refractivity contribution in [3.8, 4) is 0 Å². The molecule has 0 aliphatic heterocycles. The molecule has 0 aliphatic rings. The average molecular weight is 321 g/mol. The number of benzene rings is 1. The number of carbonyl (C=O) groups excluding carboxylic acids is 4. The Morgan fingerprint density at radius 2 is 1.96 bits per heavy atom. The number of hydrogen-bond donors (Lipinski definition) is 3. The number of nitrogens with one attached hydrogen (secondary N) is 2. The van der Waals surface area contributed by atoms with Crippen LogP contribution in [0, 0.1) is 0 Å². The first-order chi connectivity index (χ1) is 10.8. The number of carbonyl (C=O) groups is 4. The molecule has 0 spiro atoms. The average Bonchev–Trinajstić information content (AvgIpc) is 2.50. The third kappa shape index (κ3) is 6.16. The van der Waals surface area contributed by atoms with Gasteiger partial charge >= 0.3 is 5.97 Å². The zero-order chi connectivity index (χ0) is 17.4. The van der Waals surface area contributed by atoms with Crippen LogP contribution < -0.4 is 16.4 Å². The minimum absolute atomic E-state index is 0.0408. The molecule has 0 aliphatic carbocycles. The van der Waals surface area contributed by atoms with E-state index in [1.807, 2.05) is 0 Å². The topological polar surface area (TPSA) is 128 Å². The van der Waals surface area contributed by atoms with Crippen molar-refractivity contribution in [3.05, 3.63) is 29.8 Å². The third-order valence-electron chi connectivity index (χ3n) is 2.96. The quantitative estimate of drug-likeness (QED) is 0.617. The number of primary amides is 1. The predicted molar refractivity (Wildman–Crippen MR) is 82.4 cm³/mol. The normalized spacial score (nSPS) is 11.2. The maximum Gasteiger partial charge on any atom is 0.305 e. The van der Waals surface area contributed by atoms with Crippen LogP contribution in [0.1, 0.15) is 30.1 Å². The van der Waals surface area contributed by atoms with Gasteiger partial charge in [-0.2, -0.15) is 0 Å². The van der Waals surface area contributed by atoms with Crippen molar-refractivity contribution in [2.24, 2.45) is 5.73 Å². The number of rotatable bonds is 7. The van der Waals surface area contributed by atoms with E-state index >= 15 is 0 Å². The van der Waals surface area contributed by atoms with Gasteiger partial charge in [0, 0.05) is 24.6 Å². The summed E-state index contributed by atoms with van der Waals surface area (Å²) in [5.74, 6) is -2.06. The van der Waals surface area contributed by atoms with Crippen molar-refractivity contribution in [2.75, 3.05) is 12.4 Å². The summed E-state index contributed by atoms with van der Waals surface area (Å²) in [7, 11) is 1.23. The fourth-order valence-corrected chi connectivity index (χ4v) is 1.83. The summed E-state index contributed by atoms with van der Waals surface area (Å²) in [5.41, 5.74) is 5.93. The Morgan fingerprint density at radius 1 is 1.26 bits per heavy atom. The van der Waals surface area contributed by atoms with E-state index in [4.69, 9.17) is 5.73 Å². The Hall–Kier alpha value is -2.90. The van der Waals surface area contributed by atoms with Crippen LogP contribution >= 0.6 is 0 Å². The number of hydrogen-bond acceptors (Lipinski definition) is 5. The van der Waals surface area contributed by atoms with Gasteiger partial charge in [0.1, 0.15) is 6.04 Å². The Bertz CT molecular complexity index is 615. The molecule has 0 heterocycles. The SMILES string of the molecule is COC(=O)CC[C@H](NC(=O)c1cccc(NC(C)=O)c1)C(N)=O. The number of esters is 1. The van der Waals surface area contributed by atoms with Gasteiger partial charge in [0.15, 0.2) is 0 Å². The summed E-state index contributed by atoms with van der Waals surface area (Å²) >= 11 is 0. The molecule has 0 bridgehead atoms. The molecule has 0 aromatic heterocycles. The van der Waals surface area contributed by atoms with Crippen LogP contribution in [0.2, 0.25) is 0 Å². The highest BCUT2D eigenvalue weighted by atomic mass is 16.5. The number of nitrogens with two attached hydrogens (primary N) is 1. The Morgan fingerprint density at radius 3 is 2.52 bits per heavy atom. The van der Waals surface area contributed by atoms with E-state index in [0.29, 0.717) is 5.69 Å². The first kappa shape index (κ1) is 18.1. The standard InChI is InChI=1S/C15H19N3O5/c1-9(19)17-11-5-3-4-10(8-11)15(22)18-12(14(16)21)6-7-13(20)23-2/h3-5,8,12H,6-7H2,1-2H3,(H2,16,21)(H,17,19)(H,18,22)/t12-/m0/s1. The zero-order valence-corrected chi connectivity index (χ0v) is 12.9. The van der Waals surface area contributed by atoms with Crippen molar-refractivity contribution >= 4 is 29.4 Å². The lowest BCUT2D eigenvalue weighted by Gasteiger charge is -2.15. The van der Waals surface area contributed by atoms with Crippen molar-refractivity contribution in [3.63, 3.8) is 0 Å². The van der Waals surface area contributed by atoms with Crippen molar-refractivity contribution in [1.29, 1.82) is 0 Å². The largest absolute Gasteiger partial charge is 0.469 e. The van der Waals surface area contributed by atoms with Crippen LogP contribution in [0.4, 0.5) is 5.69 Å². The molecule has 1 rings (SSSR count). The number of anilines is 1. The molecule has 1 atom stereocenters. The monoisotopic (exact) mass is 321 g/mol. The van der Waals surface area contributed by atoms with Crippen molar-refractivity contribution < 1.29 is 23.9 Å². The highest BCUT2D eigenvalue weighted by molar-refractivity contribution is 5.99. The second-order valence-corrected chi connectivity index (χ2v) is 4.81. The van der Waals surface area contributed by atoms with E-state index < -0.39 is 23.8 Å². The molecule has 0 fully saturated rings. The van der Waals surface area contributed by atoms with E-state index in [0.717, 1.165) is 0 Å². The second kappa shape index (κ2) is 8.52. The lowest BCUT2D eigenvalue weighted by molar-refractivity contribution is -0.140. The van der Waals surface area contributed by atoms with Gasteiger partial charge in [0.25, 0.3) is 5.91 Å². The van der Waals surface area contributed by atoms with Gasteiger partial charge in [0.05, 0.1) is 7.11 Å². The minimum Gasteiger partial charge on any atom is -0.469 e. The van der Waals surface area contributed by atoms with E-state index in [1.54, 1.807) is 12.1 Å². The fourth-order valence-electron chi connectivity index (χ4n) is 1.83. The smallest absolute Gasteiger partial charge is 0.305 e. The molecule has 0 unspecified atom stereocenters. The molecule has 8 heteroatoms. The first-order valence-electron chi connectivity index (χ1n) is 6.88. The number of ether oxygens (including phenoxy) is 1. The van der Waals surface area contributed by atoms with Gasteiger partial charge < -0.3 is 21.1 Å². The highest BCUT2D eigenvalue weighted by Crippen LogP contribution is 2.11. The summed E-state index contributed by atoms with van der Waals surface area (Å²) in [4.78, 5) is 45.7. The van der Waals surface area contributed by atoms with Crippen LogP contribution in [-0.4, -0.2) is 36.8 Å². The summed E-state index contributed by atoms with van der Waals surface area (Å²) in [6, 6.07) is 5.22. The molecule has 8 nitrogen and oxygen atoms in total. The molecule has 0 saturated carbocycles. The highest BCUT2D eigenvalue weighted by Gasteiger charge is 2.20. The summed E-state index contributed by atoms with van der Waals surface area (Å²) in [6.45, 7) is 1.35. The van der Waals surface area contributed by atoms with Crippen LogP contribution in [0.15, 0.2) is 24.3 Å². The van der Waals surface area contributed by atoms with E-state index in [2.05, 4.69) is 15.4 Å².